The number of carbonyl (C=O) groups is 1. The van der Waals surface area contributed by atoms with Crippen molar-refractivity contribution in [1.82, 2.24) is 9.88 Å². The van der Waals surface area contributed by atoms with Gasteiger partial charge in [-0.3, -0.25) is 9.79 Å². The molecule has 5 nitrogen and oxygen atoms in total. The Kier molecular flexibility index (Phi) is 3.99. The molecule has 2 rings (SSSR count). The molecule has 0 atom stereocenters. The Morgan fingerprint density at radius 1 is 1.58 bits per heavy atom. The Balaban J connectivity index is 0.00000200. The number of carbonyl (C=O) groups excluding carboxylic acids is 1. The van der Waals surface area contributed by atoms with Gasteiger partial charge in [-0.2, -0.15) is 0 Å². The monoisotopic (exact) mass is 280 g/mol. The lowest BCUT2D eigenvalue weighted by Crippen LogP contribution is -2.21. The first-order chi connectivity index (χ1) is 9.04. The number of thiazole rings is 1. The standard InChI is InChI=1S/C13H18N4OS.H2/c1-4-15-7-8-5-6-9-11(10(8)14)19-12(16-9)13(18)17(2)3;/h7H,4-6,14H2,1-3H3;1H. The van der Waals surface area contributed by atoms with Crippen LogP contribution >= 0.6 is 11.3 Å². The van der Waals surface area contributed by atoms with Gasteiger partial charge >= 0.3 is 0 Å². The number of allylic oxidation sites excluding steroid dienone is 1. The van der Waals surface area contributed by atoms with E-state index in [0.29, 0.717) is 10.7 Å². The van der Waals surface area contributed by atoms with Gasteiger partial charge in [0.1, 0.15) is 0 Å². The molecule has 0 unspecified atom stereocenters. The first-order valence-electron chi connectivity index (χ1n) is 6.24. The largest absolute Gasteiger partial charge is 0.397 e. The highest BCUT2D eigenvalue weighted by Gasteiger charge is 2.23. The lowest BCUT2D eigenvalue weighted by Gasteiger charge is -2.13. The van der Waals surface area contributed by atoms with E-state index in [-0.39, 0.29) is 7.33 Å². The Bertz CT molecular complexity index is 563. The molecule has 0 radical (unpaired) electrons. The van der Waals surface area contributed by atoms with Gasteiger partial charge < -0.3 is 10.6 Å². The highest BCUT2D eigenvalue weighted by molar-refractivity contribution is 7.14. The van der Waals surface area contributed by atoms with Crippen LogP contribution < -0.4 is 5.73 Å². The van der Waals surface area contributed by atoms with Gasteiger partial charge in [0.2, 0.25) is 0 Å². The molecular formula is C13H20N4OS. The Labute approximate surface area is 118 Å². The van der Waals surface area contributed by atoms with Crippen molar-refractivity contribution in [2.75, 3.05) is 20.6 Å². The lowest BCUT2D eigenvalue weighted by atomic mass is 9.99. The molecule has 0 aromatic carbocycles. The molecular weight excluding hydrogens is 260 g/mol. The number of hydrogen-bond donors (Lipinski definition) is 1. The third-order valence-corrected chi connectivity index (χ3v) is 4.06. The van der Waals surface area contributed by atoms with E-state index in [1.54, 1.807) is 14.1 Å². The number of aryl methyl sites for hydroxylation is 1. The van der Waals surface area contributed by atoms with Crippen LogP contribution in [0.2, 0.25) is 0 Å². The molecule has 0 spiro atoms. The fourth-order valence-corrected chi connectivity index (χ4v) is 3.01. The zero-order valence-corrected chi connectivity index (χ0v) is 12.3. The number of amides is 1. The van der Waals surface area contributed by atoms with Crippen LogP contribution in [0.5, 0.6) is 0 Å². The van der Waals surface area contributed by atoms with Crippen molar-refractivity contribution in [3.63, 3.8) is 0 Å². The summed E-state index contributed by atoms with van der Waals surface area (Å²) in [6, 6.07) is 0. The van der Waals surface area contributed by atoms with E-state index in [4.69, 9.17) is 5.73 Å². The second-order valence-corrected chi connectivity index (χ2v) is 5.56. The quantitative estimate of drug-likeness (QED) is 0.858. The molecule has 1 aromatic heterocycles. The number of nitrogens with two attached hydrogens (primary N) is 1. The van der Waals surface area contributed by atoms with Gasteiger partial charge in [0, 0.05) is 28.3 Å². The van der Waals surface area contributed by atoms with E-state index >= 15 is 0 Å². The van der Waals surface area contributed by atoms with Crippen LogP contribution in [0.1, 0.15) is 35.1 Å². The van der Waals surface area contributed by atoms with E-state index in [1.807, 2.05) is 13.1 Å². The van der Waals surface area contributed by atoms with E-state index in [0.717, 1.165) is 35.5 Å². The predicted molar refractivity (Wildman–Crippen MR) is 80.7 cm³/mol. The van der Waals surface area contributed by atoms with Gasteiger partial charge in [-0.25, -0.2) is 4.98 Å². The first-order valence-corrected chi connectivity index (χ1v) is 7.06. The predicted octanol–water partition coefficient (Wildman–Crippen LogP) is 1.80. The van der Waals surface area contributed by atoms with Gasteiger partial charge in [0.15, 0.2) is 5.01 Å². The van der Waals surface area contributed by atoms with Gasteiger partial charge in [-0.15, -0.1) is 11.3 Å². The van der Waals surface area contributed by atoms with Crippen LogP contribution in [0.25, 0.3) is 5.70 Å². The Morgan fingerprint density at radius 3 is 2.95 bits per heavy atom. The Hall–Kier alpha value is -1.69. The molecule has 0 saturated carbocycles. The zero-order valence-electron chi connectivity index (χ0n) is 11.4. The smallest absolute Gasteiger partial charge is 0.282 e. The maximum Gasteiger partial charge on any atom is 0.282 e. The fourth-order valence-electron chi connectivity index (χ4n) is 1.88. The summed E-state index contributed by atoms with van der Waals surface area (Å²) >= 11 is 1.37. The van der Waals surface area contributed by atoms with Crippen molar-refractivity contribution in [1.29, 1.82) is 0 Å². The minimum Gasteiger partial charge on any atom is -0.397 e. The summed E-state index contributed by atoms with van der Waals surface area (Å²) in [5.41, 5.74) is 8.85. The lowest BCUT2D eigenvalue weighted by molar-refractivity contribution is 0.0827. The molecule has 0 saturated heterocycles. The topological polar surface area (TPSA) is 71.6 Å². The summed E-state index contributed by atoms with van der Waals surface area (Å²) in [6.45, 7) is 2.73. The minimum absolute atomic E-state index is 0. The van der Waals surface area contributed by atoms with Crippen molar-refractivity contribution in [3.05, 3.63) is 21.2 Å². The van der Waals surface area contributed by atoms with E-state index in [2.05, 4.69) is 9.98 Å². The normalized spacial score (nSPS) is 14.9. The molecule has 6 heteroatoms. The minimum atomic E-state index is -0.0732. The molecule has 0 fully saturated rings. The molecule has 104 valence electrons. The molecule has 2 N–H and O–H groups in total. The van der Waals surface area contributed by atoms with E-state index in [1.165, 1.54) is 16.2 Å². The average molecular weight is 280 g/mol. The zero-order chi connectivity index (χ0) is 14.0. The third kappa shape index (κ3) is 2.68. The van der Waals surface area contributed by atoms with Crippen molar-refractivity contribution in [2.45, 2.75) is 19.8 Å². The average Bonchev–Trinajstić information content (AvgIpc) is 2.81. The van der Waals surface area contributed by atoms with Crippen LogP contribution in [0.3, 0.4) is 0 Å². The second-order valence-electron chi connectivity index (χ2n) is 4.56. The Morgan fingerprint density at radius 2 is 2.32 bits per heavy atom. The highest BCUT2D eigenvalue weighted by Crippen LogP contribution is 2.32. The van der Waals surface area contributed by atoms with E-state index in [9.17, 15) is 4.79 Å². The number of aromatic nitrogens is 1. The third-order valence-electron chi connectivity index (χ3n) is 2.94. The summed E-state index contributed by atoms with van der Waals surface area (Å²) < 4.78 is 0. The number of fused-ring (bicyclic) bond motifs is 1. The molecule has 1 amide bonds. The maximum atomic E-state index is 11.9. The highest BCUT2D eigenvalue weighted by atomic mass is 32.1. The molecule has 19 heavy (non-hydrogen) atoms. The first kappa shape index (κ1) is 13.7. The van der Waals surface area contributed by atoms with Crippen molar-refractivity contribution < 1.29 is 6.22 Å². The summed E-state index contributed by atoms with van der Waals surface area (Å²) in [4.78, 5) is 23.0. The number of rotatable bonds is 3. The van der Waals surface area contributed by atoms with Gasteiger partial charge in [0.25, 0.3) is 5.91 Å². The molecule has 1 heterocycles. The van der Waals surface area contributed by atoms with Gasteiger partial charge in [-0.05, 0) is 25.3 Å². The fraction of sp³-hybridized carbons (Fsp3) is 0.462. The number of hydrogen-bond acceptors (Lipinski definition) is 5. The summed E-state index contributed by atoms with van der Waals surface area (Å²) in [5.74, 6) is -0.0732. The van der Waals surface area contributed by atoms with Gasteiger partial charge in [-0.1, -0.05) is 0 Å². The van der Waals surface area contributed by atoms with Gasteiger partial charge in [0.05, 0.1) is 16.3 Å². The molecule has 1 aliphatic carbocycles. The number of nitrogens with zero attached hydrogens (tertiary/aromatic N) is 3. The van der Waals surface area contributed by atoms with Crippen LogP contribution in [0.4, 0.5) is 0 Å². The molecule has 0 bridgehead atoms. The van der Waals surface area contributed by atoms with E-state index < -0.39 is 0 Å². The van der Waals surface area contributed by atoms with Crippen LogP contribution in [0, 0.1) is 0 Å². The molecule has 0 aliphatic heterocycles. The molecule has 1 aliphatic rings. The van der Waals surface area contributed by atoms with Crippen LogP contribution in [-0.4, -0.2) is 42.6 Å². The second kappa shape index (κ2) is 5.52. The van der Waals surface area contributed by atoms with Crippen molar-refractivity contribution >= 4 is 29.2 Å². The SMILES string of the molecule is CCN=CC1=C(N)c2sc(C(=O)N(C)C)nc2CC1.[HH]. The van der Waals surface area contributed by atoms with Crippen LogP contribution in [0.15, 0.2) is 10.6 Å². The molecule has 1 aromatic rings. The summed E-state index contributed by atoms with van der Waals surface area (Å²) in [5, 5.41) is 0.506. The maximum absolute atomic E-state index is 11.9. The number of aliphatic imine (C=N–C) groups is 1. The summed E-state index contributed by atoms with van der Waals surface area (Å²) in [7, 11) is 3.45. The van der Waals surface area contributed by atoms with Crippen molar-refractivity contribution in [3.8, 4) is 0 Å². The summed E-state index contributed by atoms with van der Waals surface area (Å²) in [6.07, 6.45) is 3.49. The van der Waals surface area contributed by atoms with Crippen LogP contribution in [-0.2, 0) is 6.42 Å². The van der Waals surface area contributed by atoms with Crippen molar-refractivity contribution in [2.24, 2.45) is 10.7 Å².